The summed E-state index contributed by atoms with van der Waals surface area (Å²) in [7, 11) is 0. The minimum Gasteiger partial charge on any atom is -0.460 e. The summed E-state index contributed by atoms with van der Waals surface area (Å²) in [5, 5.41) is 3.86. The fourth-order valence-electron chi connectivity index (χ4n) is 4.78. The van der Waals surface area contributed by atoms with Crippen LogP contribution in [0.3, 0.4) is 0 Å². The maximum absolute atomic E-state index is 13.0. The highest BCUT2D eigenvalue weighted by atomic mass is 16.7. The maximum Gasteiger partial charge on any atom is 0.342 e. The normalized spacial score (nSPS) is 24.1. The van der Waals surface area contributed by atoms with Crippen molar-refractivity contribution in [2.45, 2.75) is 90.6 Å². The Balaban J connectivity index is 1.61. The number of carbonyl (C=O) groups excluding carboxylic acids is 2. The van der Waals surface area contributed by atoms with E-state index in [9.17, 15) is 9.59 Å². The predicted molar refractivity (Wildman–Crippen MR) is 122 cm³/mol. The van der Waals surface area contributed by atoms with Gasteiger partial charge in [0.25, 0.3) is 0 Å². The molecule has 0 saturated heterocycles. The number of hydrogen-bond acceptors (Lipinski definition) is 6. The number of hydrogen-bond donors (Lipinski definition) is 1. The van der Waals surface area contributed by atoms with Gasteiger partial charge in [-0.15, -0.1) is 0 Å². The van der Waals surface area contributed by atoms with Gasteiger partial charge in [0.1, 0.15) is 11.4 Å². The zero-order valence-electron chi connectivity index (χ0n) is 19.6. The summed E-state index contributed by atoms with van der Waals surface area (Å²) in [6.07, 6.45) is 12.9. The summed E-state index contributed by atoms with van der Waals surface area (Å²) in [6, 6.07) is 3.66. The van der Waals surface area contributed by atoms with Gasteiger partial charge >= 0.3 is 11.9 Å². The molecular formula is C25H37N3O4. The number of ether oxygens (including phenoxy) is 1. The minimum atomic E-state index is -0.850. The van der Waals surface area contributed by atoms with E-state index >= 15 is 0 Å². The number of nitrogens with two attached hydrogens (primary N) is 1. The molecule has 0 aromatic carbocycles. The number of aromatic nitrogens is 1. The molecule has 2 aliphatic rings. The zero-order chi connectivity index (χ0) is 23.2. The summed E-state index contributed by atoms with van der Waals surface area (Å²) in [5.74, 6) is 0.212. The molecule has 0 spiro atoms. The van der Waals surface area contributed by atoms with Gasteiger partial charge in [-0.3, -0.25) is 9.78 Å². The number of pyridine rings is 1. The Labute approximate surface area is 191 Å². The highest BCUT2D eigenvalue weighted by Crippen LogP contribution is 2.59. The lowest BCUT2D eigenvalue weighted by atomic mass is 9.84. The van der Waals surface area contributed by atoms with Crippen LogP contribution in [0.15, 0.2) is 29.7 Å². The van der Waals surface area contributed by atoms with Crippen LogP contribution in [-0.4, -0.2) is 28.4 Å². The van der Waals surface area contributed by atoms with Gasteiger partial charge in [-0.2, -0.15) is 0 Å². The average molecular weight is 444 g/mol. The number of rotatable bonds is 9. The van der Waals surface area contributed by atoms with E-state index in [1.54, 1.807) is 12.4 Å². The Morgan fingerprint density at radius 3 is 2.50 bits per heavy atom. The molecule has 0 amide bonds. The third kappa shape index (κ3) is 7.04. The topological polar surface area (TPSA) is 104 Å². The van der Waals surface area contributed by atoms with Crippen LogP contribution >= 0.6 is 0 Å². The summed E-state index contributed by atoms with van der Waals surface area (Å²) >= 11 is 0. The molecule has 0 aliphatic heterocycles. The van der Waals surface area contributed by atoms with Crippen molar-refractivity contribution in [2.24, 2.45) is 28.1 Å². The van der Waals surface area contributed by atoms with E-state index in [1.165, 1.54) is 32.1 Å². The second-order valence-electron chi connectivity index (χ2n) is 10.4. The Morgan fingerprint density at radius 2 is 1.84 bits per heavy atom. The maximum atomic E-state index is 13.0. The Bertz CT molecular complexity index is 812. The van der Waals surface area contributed by atoms with Gasteiger partial charge in [-0.05, 0) is 63.1 Å². The minimum absolute atomic E-state index is 0.0260. The highest BCUT2D eigenvalue weighted by Gasteiger charge is 2.62. The van der Waals surface area contributed by atoms with Gasteiger partial charge in [-0.1, -0.05) is 43.7 Å². The Kier molecular flexibility index (Phi) is 7.91. The van der Waals surface area contributed by atoms with Crippen LogP contribution in [0.4, 0.5) is 0 Å². The summed E-state index contributed by atoms with van der Waals surface area (Å²) in [5.41, 5.74) is 5.44. The molecule has 7 heteroatoms. The third-order valence-electron chi connectivity index (χ3n) is 6.55. The second kappa shape index (κ2) is 10.5. The molecule has 2 N–H and O–H groups in total. The molecule has 1 heterocycles. The molecule has 7 nitrogen and oxygen atoms in total. The number of oxime groups is 1. The summed E-state index contributed by atoms with van der Waals surface area (Å²) in [4.78, 5) is 34.8. The van der Waals surface area contributed by atoms with E-state index in [4.69, 9.17) is 15.3 Å². The van der Waals surface area contributed by atoms with Crippen LogP contribution < -0.4 is 5.73 Å². The lowest BCUT2D eigenvalue weighted by Gasteiger charge is -2.23. The van der Waals surface area contributed by atoms with Gasteiger partial charge in [0, 0.05) is 18.8 Å². The van der Waals surface area contributed by atoms with Crippen LogP contribution in [0.25, 0.3) is 0 Å². The van der Waals surface area contributed by atoms with Crippen molar-refractivity contribution in [3.8, 4) is 0 Å². The monoisotopic (exact) mass is 443 g/mol. The molecule has 1 aromatic heterocycles. The first-order valence-electron chi connectivity index (χ1n) is 11.8. The van der Waals surface area contributed by atoms with Crippen molar-refractivity contribution < 1.29 is 19.2 Å². The van der Waals surface area contributed by atoms with E-state index < -0.39 is 17.0 Å². The van der Waals surface area contributed by atoms with Crippen molar-refractivity contribution in [1.29, 1.82) is 0 Å². The smallest absolute Gasteiger partial charge is 0.342 e. The van der Waals surface area contributed by atoms with Crippen LogP contribution in [-0.2, 0) is 25.6 Å². The number of nitrogens with zero attached hydrogens (tertiary/aromatic N) is 2. The first-order chi connectivity index (χ1) is 15.2. The molecule has 3 rings (SSSR count). The molecule has 176 valence electrons. The standard InChI is InChI=1S/C25H37N3O4/c1-24(2,3)31-22(29)17-25(16-20(25)10-9-18-7-5-4-6-8-18)23(30)32-28-21(26)15-19-11-13-27-14-12-19/h11-14,18,20H,4-10,15-17H2,1-3H3,(H2,26,28). The van der Waals surface area contributed by atoms with Crippen molar-refractivity contribution >= 4 is 17.8 Å². The molecule has 2 unspecified atom stereocenters. The highest BCUT2D eigenvalue weighted by molar-refractivity contribution is 5.88. The average Bonchev–Trinajstić information content (AvgIpc) is 3.44. The Morgan fingerprint density at radius 1 is 1.16 bits per heavy atom. The van der Waals surface area contributed by atoms with Crippen molar-refractivity contribution in [2.75, 3.05) is 0 Å². The lowest BCUT2D eigenvalue weighted by Crippen LogP contribution is -2.30. The Hall–Kier alpha value is -2.44. The van der Waals surface area contributed by atoms with Gasteiger partial charge in [-0.25, -0.2) is 4.79 Å². The van der Waals surface area contributed by atoms with Gasteiger partial charge in [0.15, 0.2) is 0 Å². The fraction of sp³-hybridized carbons (Fsp3) is 0.680. The molecule has 2 saturated carbocycles. The van der Waals surface area contributed by atoms with Gasteiger partial charge in [0.2, 0.25) is 0 Å². The number of esters is 1. The molecule has 32 heavy (non-hydrogen) atoms. The first-order valence-corrected chi connectivity index (χ1v) is 11.8. The van der Waals surface area contributed by atoms with E-state index in [-0.39, 0.29) is 24.1 Å². The first kappa shape index (κ1) is 24.2. The summed E-state index contributed by atoms with van der Waals surface area (Å²) in [6.45, 7) is 5.48. The molecule has 1 aromatic rings. The van der Waals surface area contributed by atoms with Gasteiger partial charge < -0.3 is 15.3 Å². The van der Waals surface area contributed by atoms with Crippen LogP contribution in [0, 0.1) is 17.3 Å². The largest absolute Gasteiger partial charge is 0.460 e. The molecule has 2 atom stereocenters. The van der Waals surface area contributed by atoms with E-state index in [2.05, 4.69) is 10.1 Å². The zero-order valence-corrected chi connectivity index (χ0v) is 19.6. The lowest BCUT2D eigenvalue weighted by molar-refractivity contribution is -0.163. The SMILES string of the molecule is CC(C)(C)OC(=O)CC1(C(=O)O/N=C(\N)Cc2ccncc2)CC1CCC1CCCCC1. The number of amidine groups is 1. The van der Waals surface area contributed by atoms with Crippen LogP contribution in [0.2, 0.25) is 0 Å². The fourth-order valence-corrected chi connectivity index (χ4v) is 4.78. The van der Waals surface area contributed by atoms with Crippen LogP contribution in [0.5, 0.6) is 0 Å². The third-order valence-corrected chi connectivity index (χ3v) is 6.55. The second-order valence-corrected chi connectivity index (χ2v) is 10.4. The molecule has 0 bridgehead atoms. The van der Waals surface area contributed by atoms with Crippen molar-refractivity contribution in [3.05, 3.63) is 30.1 Å². The van der Waals surface area contributed by atoms with E-state index in [1.807, 2.05) is 32.9 Å². The molecule has 2 aliphatic carbocycles. The molecule has 2 fully saturated rings. The molecular weight excluding hydrogens is 406 g/mol. The molecule has 0 radical (unpaired) electrons. The number of carbonyl (C=O) groups is 2. The quantitative estimate of drug-likeness (QED) is 0.198. The van der Waals surface area contributed by atoms with Crippen LogP contribution in [0.1, 0.15) is 84.1 Å². The van der Waals surface area contributed by atoms with E-state index in [0.29, 0.717) is 12.8 Å². The van der Waals surface area contributed by atoms with Gasteiger partial charge in [0.05, 0.1) is 11.8 Å². The predicted octanol–water partition coefficient (Wildman–Crippen LogP) is 4.54. The van der Waals surface area contributed by atoms with E-state index in [0.717, 1.165) is 24.3 Å². The summed E-state index contributed by atoms with van der Waals surface area (Å²) < 4.78 is 5.50. The van der Waals surface area contributed by atoms with Crippen molar-refractivity contribution in [1.82, 2.24) is 4.98 Å². The van der Waals surface area contributed by atoms with Crippen molar-refractivity contribution in [3.63, 3.8) is 0 Å².